The van der Waals surface area contributed by atoms with Crippen LogP contribution in [-0.4, -0.2) is 30.4 Å². The number of benzene rings is 2. The summed E-state index contributed by atoms with van der Waals surface area (Å²) in [4.78, 5) is 14.7. The Bertz CT molecular complexity index is 664. The summed E-state index contributed by atoms with van der Waals surface area (Å²) >= 11 is 0. The van der Waals surface area contributed by atoms with Gasteiger partial charge in [0.15, 0.2) is 0 Å². The first-order valence-corrected chi connectivity index (χ1v) is 8.99. The monoisotopic (exact) mass is 340 g/mol. The molecule has 25 heavy (non-hydrogen) atoms. The van der Waals surface area contributed by atoms with Crippen molar-refractivity contribution < 1.29 is 9.18 Å². The molecule has 3 nitrogen and oxygen atoms in total. The van der Waals surface area contributed by atoms with Gasteiger partial charge in [-0.2, -0.15) is 0 Å². The van der Waals surface area contributed by atoms with E-state index < -0.39 is 0 Å². The Morgan fingerprint density at radius 1 is 1.00 bits per heavy atom. The average Bonchev–Trinajstić information content (AvgIpc) is 2.65. The van der Waals surface area contributed by atoms with Crippen LogP contribution in [0.4, 0.5) is 4.39 Å². The maximum absolute atomic E-state index is 12.9. The SMILES string of the molecule is O=C(NCCc1ccc(F)cc1)C1CCN(Cc2ccccc2)CC1. The Morgan fingerprint density at radius 3 is 2.36 bits per heavy atom. The van der Waals surface area contributed by atoms with Crippen LogP contribution in [0.25, 0.3) is 0 Å². The van der Waals surface area contributed by atoms with Gasteiger partial charge in [0.2, 0.25) is 5.91 Å². The summed E-state index contributed by atoms with van der Waals surface area (Å²) in [5.41, 5.74) is 2.36. The van der Waals surface area contributed by atoms with Crippen LogP contribution in [-0.2, 0) is 17.8 Å². The zero-order valence-corrected chi connectivity index (χ0v) is 14.5. The van der Waals surface area contributed by atoms with Gasteiger partial charge < -0.3 is 5.32 Å². The van der Waals surface area contributed by atoms with Crippen molar-refractivity contribution in [3.8, 4) is 0 Å². The Hall–Kier alpha value is -2.20. The highest BCUT2D eigenvalue weighted by Gasteiger charge is 2.24. The molecule has 0 radical (unpaired) electrons. The van der Waals surface area contributed by atoms with E-state index in [1.54, 1.807) is 12.1 Å². The second-order valence-electron chi connectivity index (χ2n) is 6.70. The quantitative estimate of drug-likeness (QED) is 0.874. The van der Waals surface area contributed by atoms with E-state index in [2.05, 4.69) is 34.5 Å². The standard InChI is InChI=1S/C21H25FN2O/c22-20-8-6-17(7-9-20)10-13-23-21(25)19-11-14-24(15-12-19)16-18-4-2-1-3-5-18/h1-9,19H,10-16H2,(H,23,25). The number of hydrogen-bond donors (Lipinski definition) is 1. The first-order chi connectivity index (χ1) is 12.2. The van der Waals surface area contributed by atoms with E-state index in [0.29, 0.717) is 6.54 Å². The van der Waals surface area contributed by atoms with Crippen LogP contribution in [0.1, 0.15) is 24.0 Å². The second-order valence-corrected chi connectivity index (χ2v) is 6.70. The minimum absolute atomic E-state index is 0.111. The molecule has 2 aromatic carbocycles. The summed E-state index contributed by atoms with van der Waals surface area (Å²) in [7, 11) is 0. The van der Waals surface area contributed by atoms with Gasteiger partial charge in [-0.25, -0.2) is 4.39 Å². The molecule has 0 aromatic heterocycles. The highest BCUT2D eigenvalue weighted by atomic mass is 19.1. The van der Waals surface area contributed by atoms with Crippen molar-refractivity contribution in [3.63, 3.8) is 0 Å². The fourth-order valence-corrected chi connectivity index (χ4v) is 3.32. The molecule has 1 N–H and O–H groups in total. The van der Waals surface area contributed by atoms with E-state index in [1.807, 2.05) is 6.07 Å². The van der Waals surface area contributed by atoms with E-state index in [1.165, 1.54) is 17.7 Å². The van der Waals surface area contributed by atoms with E-state index >= 15 is 0 Å². The average molecular weight is 340 g/mol. The molecule has 0 aliphatic carbocycles. The van der Waals surface area contributed by atoms with Gasteiger partial charge in [-0.1, -0.05) is 42.5 Å². The van der Waals surface area contributed by atoms with Crippen molar-refractivity contribution in [1.82, 2.24) is 10.2 Å². The largest absolute Gasteiger partial charge is 0.356 e. The van der Waals surface area contributed by atoms with Crippen molar-refractivity contribution in [2.75, 3.05) is 19.6 Å². The summed E-state index contributed by atoms with van der Waals surface area (Å²) in [6.07, 6.45) is 2.56. The van der Waals surface area contributed by atoms with Crippen LogP contribution in [0.15, 0.2) is 54.6 Å². The van der Waals surface area contributed by atoms with Crippen LogP contribution in [0.3, 0.4) is 0 Å². The van der Waals surface area contributed by atoms with E-state index in [0.717, 1.165) is 44.5 Å². The van der Waals surface area contributed by atoms with E-state index in [-0.39, 0.29) is 17.6 Å². The first-order valence-electron chi connectivity index (χ1n) is 8.99. The molecule has 1 aliphatic rings. The molecular formula is C21H25FN2O. The number of halogens is 1. The van der Waals surface area contributed by atoms with Gasteiger partial charge in [-0.3, -0.25) is 9.69 Å². The molecule has 3 rings (SSSR count). The summed E-state index contributed by atoms with van der Waals surface area (Å²) in [6, 6.07) is 16.9. The van der Waals surface area contributed by atoms with Gasteiger partial charge in [0.1, 0.15) is 5.82 Å². The number of likely N-dealkylation sites (tertiary alicyclic amines) is 1. The predicted molar refractivity (Wildman–Crippen MR) is 97.6 cm³/mol. The Labute approximate surface area is 148 Å². The smallest absolute Gasteiger partial charge is 0.223 e. The van der Waals surface area contributed by atoms with Crippen molar-refractivity contribution in [2.45, 2.75) is 25.8 Å². The number of nitrogens with zero attached hydrogens (tertiary/aromatic N) is 1. The van der Waals surface area contributed by atoms with E-state index in [4.69, 9.17) is 0 Å². The highest BCUT2D eigenvalue weighted by Crippen LogP contribution is 2.19. The predicted octanol–water partition coefficient (Wildman–Crippen LogP) is 3.40. The molecule has 0 spiro atoms. The Kier molecular flexibility index (Phi) is 6.18. The number of hydrogen-bond acceptors (Lipinski definition) is 2. The number of carbonyl (C=O) groups excluding carboxylic acids is 1. The molecule has 1 fully saturated rings. The van der Waals surface area contributed by atoms with Crippen LogP contribution in [0, 0.1) is 11.7 Å². The number of amides is 1. The van der Waals surface area contributed by atoms with Gasteiger partial charge in [-0.15, -0.1) is 0 Å². The third-order valence-corrected chi connectivity index (χ3v) is 4.83. The van der Waals surface area contributed by atoms with Crippen molar-refractivity contribution in [1.29, 1.82) is 0 Å². The van der Waals surface area contributed by atoms with Crippen molar-refractivity contribution in [2.24, 2.45) is 5.92 Å². The fraction of sp³-hybridized carbons (Fsp3) is 0.381. The van der Waals surface area contributed by atoms with Crippen LogP contribution < -0.4 is 5.32 Å². The lowest BCUT2D eigenvalue weighted by atomic mass is 9.95. The minimum atomic E-state index is -0.227. The zero-order valence-electron chi connectivity index (χ0n) is 14.5. The lowest BCUT2D eigenvalue weighted by Crippen LogP contribution is -2.40. The normalized spacial score (nSPS) is 15.9. The van der Waals surface area contributed by atoms with Crippen molar-refractivity contribution >= 4 is 5.91 Å². The van der Waals surface area contributed by atoms with Gasteiger partial charge in [0, 0.05) is 19.0 Å². The summed E-state index contributed by atoms with van der Waals surface area (Å²) in [6.45, 7) is 3.49. The molecule has 1 heterocycles. The lowest BCUT2D eigenvalue weighted by molar-refractivity contribution is -0.126. The Balaban J connectivity index is 1.37. The number of nitrogens with one attached hydrogen (secondary N) is 1. The number of rotatable bonds is 6. The molecule has 0 bridgehead atoms. The van der Waals surface area contributed by atoms with Crippen LogP contribution >= 0.6 is 0 Å². The molecular weight excluding hydrogens is 315 g/mol. The molecule has 2 aromatic rings. The molecule has 1 saturated heterocycles. The molecule has 0 saturated carbocycles. The Morgan fingerprint density at radius 2 is 1.68 bits per heavy atom. The fourth-order valence-electron chi connectivity index (χ4n) is 3.32. The number of piperidine rings is 1. The summed E-state index contributed by atoms with van der Waals surface area (Å²) in [5, 5.41) is 3.03. The first kappa shape index (κ1) is 17.6. The second kappa shape index (κ2) is 8.77. The van der Waals surface area contributed by atoms with E-state index in [9.17, 15) is 9.18 Å². The molecule has 4 heteroatoms. The van der Waals surface area contributed by atoms with Crippen LogP contribution in [0.5, 0.6) is 0 Å². The molecule has 1 aliphatic heterocycles. The summed E-state index contributed by atoms with van der Waals surface area (Å²) in [5.74, 6) is 0.0387. The highest BCUT2D eigenvalue weighted by molar-refractivity contribution is 5.78. The topological polar surface area (TPSA) is 32.3 Å². The zero-order chi connectivity index (χ0) is 17.5. The summed E-state index contributed by atoms with van der Waals surface area (Å²) < 4.78 is 12.9. The van der Waals surface area contributed by atoms with Gasteiger partial charge >= 0.3 is 0 Å². The molecule has 132 valence electrons. The molecule has 1 amide bonds. The third-order valence-electron chi connectivity index (χ3n) is 4.83. The van der Waals surface area contributed by atoms with Crippen LogP contribution in [0.2, 0.25) is 0 Å². The molecule has 0 unspecified atom stereocenters. The van der Waals surface area contributed by atoms with Crippen molar-refractivity contribution in [3.05, 3.63) is 71.5 Å². The maximum Gasteiger partial charge on any atom is 0.223 e. The third kappa shape index (κ3) is 5.40. The minimum Gasteiger partial charge on any atom is -0.356 e. The van der Waals surface area contributed by atoms with Gasteiger partial charge in [0.05, 0.1) is 0 Å². The maximum atomic E-state index is 12.9. The number of carbonyl (C=O) groups is 1. The molecule has 0 atom stereocenters. The lowest BCUT2D eigenvalue weighted by Gasteiger charge is -2.31. The van der Waals surface area contributed by atoms with Gasteiger partial charge in [0.25, 0.3) is 0 Å². The van der Waals surface area contributed by atoms with Gasteiger partial charge in [-0.05, 0) is 55.6 Å².